The van der Waals surface area contributed by atoms with Crippen LogP contribution in [-0.2, 0) is 9.59 Å². The predicted octanol–water partition coefficient (Wildman–Crippen LogP) is 2.61. The summed E-state index contributed by atoms with van der Waals surface area (Å²) < 4.78 is 12.9. The third-order valence-corrected chi connectivity index (χ3v) is 5.18. The number of aliphatic hydroxyl groups is 2. The van der Waals surface area contributed by atoms with Gasteiger partial charge in [-0.1, -0.05) is 42.2 Å². The standard InChI is InChI=1S/C24H24FNO4/c25-19-14-12-17(13-15-19)7-4-5-11-21(27)22(28)23(29)24(30)26-16-6-10-20(26)18-8-2-1-3-9-18/h1-3,8-9,12-15,20,22-23,28-29H,5-6,10-11,16H2/t20?,22-,23+/m0/s1. The van der Waals surface area contributed by atoms with Crippen LogP contribution in [0, 0.1) is 17.7 Å². The monoisotopic (exact) mass is 409 g/mol. The lowest BCUT2D eigenvalue weighted by Gasteiger charge is -2.28. The van der Waals surface area contributed by atoms with E-state index in [9.17, 15) is 24.2 Å². The fourth-order valence-corrected chi connectivity index (χ4v) is 3.56. The quantitative estimate of drug-likeness (QED) is 0.719. The molecule has 30 heavy (non-hydrogen) atoms. The Hall–Kier alpha value is -3.01. The van der Waals surface area contributed by atoms with Crippen LogP contribution in [-0.4, -0.2) is 45.6 Å². The Morgan fingerprint density at radius 1 is 1.07 bits per heavy atom. The summed E-state index contributed by atoms with van der Waals surface area (Å²) in [6.45, 7) is 0.472. The molecule has 0 aromatic heterocycles. The van der Waals surface area contributed by atoms with E-state index in [1.165, 1.54) is 29.2 Å². The van der Waals surface area contributed by atoms with E-state index in [-0.39, 0.29) is 24.7 Å². The van der Waals surface area contributed by atoms with E-state index < -0.39 is 23.9 Å². The minimum absolute atomic E-state index is 0.0954. The molecule has 1 aliphatic heterocycles. The van der Waals surface area contributed by atoms with E-state index >= 15 is 0 Å². The smallest absolute Gasteiger partial charge is 0.255 e. The maximum atomic E-state index is 12.9. The van der Waals surface area contributed by atoms with Crippen molar-refractivity contribution in [3.8, 4) is 11.8 Å². The largest absolute Gasteiger partial charge is 0.382 e. The number of amides is 1. The molecule has 1 heterocycles. The van der Waals surface area contributed by atoms with Crippen LogP contribution in [0.2, 0.25) is 0 Å². The van der Waals surface area contributed by atoms with Gasteiger partial charge in [-0.15, -0.1) is 0 Å². The summed E-state index contributed by atoms with van der Waals surface area (Å²) >= 11 is 0. The molecule has 0 radical (unpaired) electrons. The number of rotatable bonds is 6. The van der Waals surface area contributed by atoms with Gasteiger partial charge < -0.3 is 15.1 Å². The molecule has 0 saturated carbocycles. The highest BCUT2D eigenvalue weighted by molar-refractivity contribution is 5.92. The Kier molecular flexibility index (Phi) is 7.34. The lowest BCUT2D eigenvalue weighted by molar-refractivity contribution is -0.153. The molecule has 3 rings (SSSR count). The van der Waals surface area contributed by atoms with Crippen molar-refractivity contribution in [1.29, 1.82) is 0 Å². The van der Waals surface area contributed by atoms with Gasteiger partial charge in [0.15, 0.2) is 11.9 Å². The lowest BCUT2D eigenvalue weighted by Crippen LogP contribution is -2.47. The zero-order valence-electron chi connectivity index (χ0n) is 16.5. The van der Waals surface area contributed by atoms with Crippen LogP contribution in [0.5, 0.6) is 0 Å². The first-order valence-corrected chi connectivity index (χ1v) is 9.96. The van der Waals surface area contributed by atoms with Gasteiger partial charge in [0.1, 0.15) is 11.9 Å². The molecule has 2 N–H and O–H groups in total. The fraction of sp³-hybridized carbons (Fsp3) is 0.333. The normalized spacial score (nSPS) is 17.7. The zero-order valence-corrected chi connectivity index (χ0v) is 16.5. The van der Waals surface area contributed by atoms with Crippen LogP contribution < -0.4 is 0 Å². The first kappa shape index (κ1) is 21.7. The maximum absolute atomic E-state index is 12.9. The van der Waals surface area contributed by atoms with Crippen molar-refractivity contribution in [2.45, 2.75) is 43.9 Å². The summed E-state index contributed by atoms with van der Waals surface area (Å²) in [6.07, 6.45) is -1.96. The number of aliphatic hydroxyl groups excluding tert-OH is 2. The second-order valence-corrected chi connectivity index (χ2v) is 7.26. The van der Waals surface area contributed by atoms with E-state index in [2.05, 4.69) is 11.8 Å². The summed E-state index contributed by atoms with van der Waals surface area (Å²) in [5.41, 5.74) is 1.58. The molecule has 6 heteroatoms. The van der Waals surface area contributed by atoms with Crippen LogP contribution >= 0.6 is 0 Å². The van der Waals surface area contributed by atoms with Gasteiger partial charge in [0.05, 0.1) is 6.04 Å². The third-order valence-electron chi connectivity index (χ3n) is 5.18. The van der Waals surface area contributed by atoms with Crippen molar-refractivity contribution >= 4 is 11.7 Å². The van der Waals surface area contributed by atoms with Gasteiger partial charge in [0.25, 0.3) is 5.91 Å². The first-order valence-electron chi connectivity index (χ1n) is 9.96. The van der Waals surface area contributed by atoms with Gasteiger partial charge in [-0.3, -0.25) is 9.59 Å². The van der Waals surface area contributed by atoms with Gasteiger partial charge in [-0.05, 0) is 42.7 Å². The van der Waals surface area contributed by atoms with Crippen LogP contribution in [0.3, 0.4) is 0 Å². The molecular formula is C24H24FNO4. The summed E-state index contributed by atoms with van der Waals surface area (Å²) in [4.78, 5) is 26.5. The van der Waals surface area contributed by atoms with Crippen LogP contribution in [0.25, 0.3) is 0 Å². The molecule has 2 aromatic rings. The fourth-order valence-electron chi connectivity index (χ4n) is 3.56. The zero-order chi connectivity index (χ0) is 21.5. The van der Waals surface area contributed by atoms with Crippen molar-refractivity contribution in [2.24, 2.45) is 0 Å². The molecular weight excluding hydrogens is 385 g/mol. The van der Waals surface area contributed by atoms with Gasteiger partial charge in [0, 0.05) is 24.9 Å². The summed E-state index contributed by atoms with van der Waals surface area (Å²) in [5.74, 6) is 3.94. The molecule has 5 nitrogen and oxygen atoms in total. The third kappa shape index (κ3) is 5.32. The maximum Gasteiger partial charge on any atom is 0.255 e. The van der Waals surface area contributed by atoms with E-state index in [1.807, 2.05) is 30.3 Å². The Balaban J connectivity index is 1.55. The van der Waals surface area contributed by atoms with Crippen molar-refractivity contribution in [1.82, 2.24) is 4.90 Å². The Morgan fingerprint density at radius 3 is 2.47 bits per heavy atom. The van der Waals surface area contributed by atoms with Crippen LogP contribution in [0.4, 0.5) is 4.39 Å². The Morgan fingerprint density at radius 2 is 1.77 bits per heavy atom. The average molecular weight is 409 g/mol. The van der Waals surface area contributed by atoms with Gasteiger partial charge in [0.2, 0.25) is 0 Å². The van der Waals surface area contributed by atoms with Crippen molar-refractivity contribution in [3.05, 3.63) is 71.5 Å². The highest BCUT2D eigenvalue weighted by Crippen LogP contribution is 2.32. The highest BCUT2D eigenvalue weighted by atomic mass is 19.1. The van der Waals surface area contributed by atoms with Crippen molar-refractivity contribution < 1.29 is 24.2 Å². The molecule has 1 amide bonds. The van der Waals surface area contributed by atoms with Gasteiger partial charge in [-0.2, -0.15) is 0 Å². The minimum Gasteiger partial charge on any atom is -0.382 e. The van der Waals surface area contributed by atoms with Crippen LogP contribution in [0.1, 0.15) is 42.9 Å². The number of hydrogen-bond acceptors (Lipinski definition) is 4. The second-order valence-electron chi connectivity index (χ2n) is 7.26. The topological polar surface area (TPSA) is 77.8 Å². The number of carbonyl (C=O) groups is 2. The minimum atomic E-state index is -1.80. The predicted molar refractivity (Wildman–Crippen MR) is 110 cm³/mol. The van der Waals surface area contributed by atoms with E-state index in [0.29, 0.717) is 12.1 Å². The summed E-state index contributed by atoms with van der Waals surface area (Å²) in [5, 5.41) is 20.5. The summed E-state index contributed by atoms with van der Waals surface area (Å²) in [6, 6.07) is 15.0. The molecule has 0 bridgehead atoms. The Labute approximate surface area is 175 Å². The van der Waals surface area contributed by atoms with E-state index in [0.717, 1.165) is 18.4 Å². The molecule has 2 aromatic carbocycles. The SMILES string of the molecule is O=C(CCC#Cc1ccc(F)cc1)[C@H](O)[C@@H](O)C(=O)N1CCCC1c1ccccc1. The number of Topliss-reactive ketones (excluding diaryl/α,β-unsaturated/α-hetero) is 1. The molecule has 3 atom stereocenters. The highest BCUT2D eigenvalue weighted by Gasteiger charge is 2.38. The number of benzene rings is 2. The lowest BCUT2D eigenvalue weighted by atomic mass is 10.0. The van der Waals surface area contributed by atoms with E-state index in [1.54, 1.807) is 0 Å². The second kappa shape index (κ2) is 10.1. The van der Waals surface area contributed by atoms with E-state index in [4.69, 9.17) is 0 Å². The molecule has 1 fully saturated rings. The molecule has 1 aliphatic rings. The number of carbonyl (C=O) groups excluding carboxylic acids is 2. The average Bonchev–Trinajstić information content (AvgIpc) is 3.26. The molecule has 156 valence electrons. The number of hydrogen-bond donors (Lipinski definition) is 2. The molecule has 0 aliphatic carbocycles. The Bertz CT molecular complexity index is 933. The van der Waals surface area contributed by atoms with Crippen molar-refractivity contribution in [3.63, 3.8) is 0 Å². The number of likely N-dealkylation sites (tertiary alicyclic amines) is 1. The summed E-state index contributed by atoms with van der Waals surface area (Å²) in [7, 11) is 0. The molecule has 1 unspecified atom stereocenters. The molecule has 1 saturated heterocycles. The van der Waals surface area contributed by atoms with Crippen LogP contribution in [0.15, 0.2) is 54.6 Å². The van der Waals surface area contributed by atoms with Gasteiger partial charge >= 0.3 is 0 Å². The first-order chi connectivity index (χ1) is 14.5. The molecule has 0 spiro atoms. The number of halogens is 1. The number of ketones is 1. The van der Waals surface area contributed by atoms with Gasteiger partial charge in [-0.25, -0.2) is 4.39 Å². The number of nitrogens with zero attached hydrogens (tertiary/aromatic N) is 1. The van der Waals surface area contributed by atoms with Crippen molar-refractivity contribution in [2.75, 3.05) is 6.54 Å².